The molecule has 1 aliphatic rings. The van der Waals surface area contributed by atoms with Gasteiger partial charge in [-0.05, 0) is 31.1 Å². The van der Waals surface area contributed by atoms with Crippen molar-refractivity contribution in [1.29, 1.82) is 0 Å². The van der Waals surface area contributed by atoms with E-state index >= 15 is 0 Å². The van der Waals surface area contributed by atoms with E-state index in [-0.39, 0.29) is 5.41 Å². The van der Waals surface area contributed by atoms with E-state index in [9.17, 15) is 8.42 Å². The number of nitrogens with one attached hydrogen (secondary N) is 1. The van der Waals surface area contributed by atoms with Crippen LogP contribution in [0.2, 0.25) is 0 Å². The van der Waals surface area contributed by atoms with Gasteiger partial charge in [0.25, 0.3) is 0 Å². The molecule has 0 atom stereocenters. The molecule has 0 aromatic rings. The Kier molecular flexibility index (Phi) is 5.89. The van der Waals surface area contributed by atoms with Crippen LogP contribution in [0.15, 0.2) is 0 Å². The maximum Gasteiger partial charge on any atom is 0.150 e. The van der Waals surface area contributed by atoms with E-state index in [1.807, 2.05) is 6.92 Å². The van der Waals surface area contributed by atoms with Crippen molar-refractivity contribution in [2.45, 2.75) is 32.6 Å². The molecule has 0 aromatic heterocycles. The molecule has 1 saturated carbocycles. The smallest absolute Gasteiger partial charge is 0.150 e. The lowest BCUT2D eigenvalue weighted by Crippen LogP contribution is -2.28. The Hall–Kier alpha value is -0.130. The van der Waals surface area contributed by atoms with Crippen LogP contribution in [0.5, 0.6) is 0 Å². The molecule has 1 N–H and O–H groups in total. The van der Waals surface area contributed by atoms with Crippen LogP contribution in [-0.4, -0.2) is 46.7 Å². The first-order valence-electron chi connectivity index (χ1n) is 6.44. The summed E-state index contributed by atoms with van der Waals surface area (Å²) >= 11 is 0. The van der Waals surface area contributed by atoms with Crippen molar-refractivity contribution >= 4 is 9.84 Å². The number of hydrogen-bond donors (Lipinski definition) is 1. The predicted molar refractivity (Wildman–Crippen MR) is 70.0 cm³/mol. The first-order chi connectivity index (χ1) is 8.04. The quantitative estimate of drug-likeness (QED) is 0.602. The normalized spacial score (nSPS) is 18.2. The van der Waals surface area contributed by atoms with E-state index < -0.39 is 9.84 Å². The Bertz CT molecular complexity index is 310. The van der Waals surface area contributed by atoms with Crippen molar-refractivity contribution in [3.8, 4) is 0 Å². The van der Waals surface area contributed by atoms with Gasteiger partial charge in [0, 0.05) is 26.0 Å². The molecule has 17 heavy (non-hydrogen) atoms. The molecular formula is C12H25NO3S. The highest BCUT2D eigenvalue weighted by Gasteiger charge is 2.42. The van der Waals surface area contributed by atoms with Gasteiger partial charge in [-0.25, -0.2) is 8.42 Å². The van der Waals surface area contributed by atoms with E-state index in [1.165, 1.54) is 0 Å². The maximum absolute atomic E-state index is 11.6. The van der Waals surface area contributed by atoms with E-state index in [2.05, 4.69) is 5.32 Å². The van der Waals surface area contributed by atoms with Crippen LogP contribution in [0.3, 0.4) is 0 Å². The number of rotatable bonds is 10. The minimum absolute atomic E-state index is 0.258. The van der Waals surface area contributed by atoms with Gasteiger partial charge in [-0.3, -0.25) is 0 Å². The summed E-state index contributed by atoms with van der Waals surface area (Å²) in [6.45, 7) is 4.40. The van der Waals surface area contributed by atoms with Crippen molar-refractivity contribution in [2.75, 3.05) is 38.3 Å². The predicted octanol–water partition coefficient (Wildman–Crippen LogP) is 1.22. The summed E-state index contributed by atoms with van der Waals surface area (Å²) in [5, 5.41) is 3.34. The minimum Gasteiger partial charge on any atom is -0.383 e. The summed E-state index contributed by atoms with van der Waals surface area (Å²) in [4.78, 5) is 0. The maximum atomic E-state index is 11.6. The Balaban J connectivity index is 2.21. The van der Waals surface area contributed by atoms with Crippen molar-refractivity contribution in [3.05, 3.63) is 0 Å². The highest BCUT2D eigenvalue weighted by Crippen LogP contribution is 2.48. The van der Waals surface area contributed by atoms with Crippen LogP contribution in [0.1, 0.15) is 32.6 Å². The average molecular weight is 263 g/mol. The second-order valence-corrected chi connectivity index (χ2v) is 7.38. The van der Waals surface area contributed by atoms with Crippen molar-refractivity contribution in [2.24, 2.45) is 5.41 Å². The lowest BCUT2D eigenvalue weighted by Gasteiger charge is -2.15. The largest absolute Gasteiger partial charge is 0.383 e. The summed E-state index contributed by atoms with van der Waals surface area (Å²) in [5.41, 5.74) is 0.258. The molecule has 0 aromatic carbocycles. The van der Waals surface area contributed by atoms with Gasteiger partial charge in [-0.2, -0.15) is 0 Å². The van der Waals surface area contributed by atoms with Gasteiger partial charge in [0.15, 0.2) is 0 Å². The SMILES string of the molecule is CCCS(=O)(=O)CCC1(CNCCOC)CC1. The molecule has 4 nitrogen and oxygen atoms in total. The fraction of sp³-hybridized carbons (Fsp3) is 1.00. The van der Waals surface area contributed by atoms with Gasteiger partial charge in [0.2, 0.25) is 0 Å². The van der Waals surface area contributed by atoms with Gasteiger partial charge >= 0.3 is 0 Å². The number of hydrogen-bond acceptors (Lipinski definition) is 4. The van der Waals surface area contributed by atoms with E-state index in [1.54, 1.807) is 7.11 Å². The Morgan fingerprint density at radius 1 is 1.29 bits per heavy atom. The molecule has 1 fully saturated rings. The molecule has 0 heterocycles. The molecule has 0 bridgehead atoms. The van der Waals surface area contributed by atoms with Crippen LogP contribution in [0.4, 0.5) is 0 Å². The van der Waals surface area contributed by atoms with Gasteiger partial charge in [0.1, 0.15) is 9.84 Å². The summed E-state index contributed by atoms with van der Waals surface area (Å²) < 4.78 is 28.2. The highest BCUT2D eigenvalue weighted by molar-refractivity contribution is 7.91. The second kappa shape index (κ2) is 6.71. The Morgan fingerprint density at radius 3 is 2.53 bits per heavy atom. The minimum atomic E-state index is -2.81. The third kappa shape index (κ3) is 5.84. The topological polar surface area (TPSA) is 55.4 Å². The molecule has 0 saturated heterocycles. The van der Waals surface area contributed by atoms with E-state index in [0.717, 1.165) is 38.8 Å². The van der Waals surface area contributed by atoms with Gasteiger partial charge in [-0.1, -0.05) is 6.92 Å². The van der Waals surface area contributed by atoms with Crippen LogP contribution >= 0.6 is 0 Å². The van der Waals surface area contributed by atoms with Crippen LogP contribution < -0.4 is 5.32 Å². The third-order valence-corrected chi connectivity index (χ3v) is 5.25. The fourth-order valence-electron chi connectivity index (χ4n) is 2.00. The number of ether oxygens (including phenoxy) is 1. The van der Waals surface area contributed by atoms with Crippen molar-refractivity contribution in [1.82, 2.24) is 5.32 Å². The molecule has 102 valence electrons. The van der Waals surface area contributed by atoms with Gasteiger partial charge < -0.3 is 10.1 Å². The Labute approximate surface area is 105 Å². The number of methoxy groups -OCH3 is 1. The molecule has 0 unspecified atom stereocenters. The molecule has 0 radical (unpaired) electrons. The lowest BCUT2D eigenvalue weighted by molar-refractivity contribution is 0.197. The fourth-order valence-corrected chi connectivity index (χ4v) is 3.57. The standard InChI is InChI=1S/C12H25NO3S/c1-3-9-17(14,15)10-6-12(4-5-12)11-13-7-8-16-2/h13H,3-11H2,1-2H3. The molecule has 1 aliphatic carbocycles. The lowest BCUT2D eigenvalue weighted by atomic mass is 10.0. The second-order valence-electron chi connectivity index (χ2n) is 5.07. The van der Waals surface area contributed by atoms with Gasteiger partial charge in [0.05, 0.1) is 12.4 Å². The molecular weight excluding hydrogens is 238 g/mol. The zero-order chi connectivity index (χ0) is 12.8. The van der Waals surface area contributed by atoms with Crippen molar-refractivity contribution in [3.63, 3.8) is 0 Å². The van der Waals surface area contributed by atoms with Crippen LogP contribution in [-0.2, 0) is 14.6 Å². The van der Waals surface area contributed by atoms with E-state index in [4.69, 9.17) is 4.74 Å². The summed E-state index contributed by atoms with van der Waals surface area (Å²) in [6, 6.07) is 0. The number of sulfone groups is 1. The molecule has 0 aliphatic heterocycles. The Morgan fingerprint density at radius 2 is 2.00 bits per heavy atom. The molecule has 0 spiro atoms. The zero-order valence-corrected chi connectivity index (χ0v) is 11.8. The van der Waals surface area contributed by atoms with Crippen molar-refractivity contribution < 1.29 is 13.2 Å². The summed E-state index contributed by atoms with van der Waals surface area (Å²) in [6.07, 6.45) is 3.86. The van der Waals surface area contributed by atoms with Crippen LogP contribution in [0, 0.1) is 5.41 Å². The van der Waals surface area contributed by atoms with Gasteiger partial charge in [-0.15, -0.1) is 0 Å². The first kappa shape index (κ1) is 14.9. The van der Waals surface area contributed by atoms with Crippen LogP contribution in [0.25, 0.3) is 0 Å². The summed E-state index contributed by atoms with van der Waals surface area (Å²) in [7, 11) is -1.13. The first-order valence-corrected chi connectivity index (χ1v) is 8.26. The molecule has 5 heteroatoms. The van der Waals surface area contributed by atoms with E-state index in [0.29, 0.717) is 18.1 Å². The summed E-state index contributed by atoms with van der Waals surface area (Å²) in [5.74, 6) is 0.687. The molecule has 1 rings (SSSR count). The molecule has 0 amide bonds. The third-order valence-electron chi connectivity index (χ3n) is 3.40. The monoisotopic (exact) mass is 263 g/mol. The zero-order valence-electron chi connectivity index (χ0n) is 11.0. The highest BCUT2D eigenvalue weighted by atomic mass is 32.2. The average Bonchev–Trinajstić information content (AvgIpc) is 3.03.